The summed E-state index contributed by atoms with van der Waals surface area (Å²) in [6, 6.07) is 8.90. The summed E-state index contributed by atoms with van der Waals surface area (Å²) in [6.07, 6.45) is 4.56. The van der Waals surface area contributed by atoms with E-state index in [1.54, 1.807) is 0 Å². The van der Waals surface area contributed by atoms with Gasteiger partial charge in [-0.15, -0.1) is 10.2 Å². The average Bonchev–Trinajstić information content (AvgIpc) is 3.11. The standard InChI is InChI=1S/C15H19N3O/c1-11-4-2-5-12(10-11)15-18-17-14(19-15)6-3-9-16-13-7-8-13/h2,4-5,10,13,16H,3,6-9H2,1H3. The zero-order valence-electron chi connectivity index (χ0n) is 11.2. The summed E-state index contributed by atoms with van der Waals surface area (Å²) < 4.78 is 5.70. The molecule has 4 heteroatoms. The highest BCUT2D eigenvalue weighted by Gasteiger charge is 2.19. The average molecular weight is 257 g/mol. The van der Waals surface area contributed by atoms with Gasteiger partial charge in [-0.1, -0.05) is 17.7 Å². The number of benzene rings is 1. The molecular weight excluding hydrogens is 238 g/mol. The second kappa shape index (κ2) is 5.53. The highest BCUT2D eigenvalue weighted by atomic mass is 16.4. The van der Waals surface area contributed by atoms with Crippen LogP contribution in [-0.4, -0.2) is 22.8 Å². The van der Waals surface area contributed by atoms with Crippen LogP contribution < -0.4 is 5.32 Å². The molecule has 3 rings (SSSR count). The van der Waals surface area contributed by atoms with Crippen LogP contribution in [0.2, 0.25) is 0 Å². The van der Waals surface area contributed by atoms with Crippen molar-refractivity contribution in [1.29, 1.82) is 0 Å². The third-order valence-electron chi connectivity index (χ3n) is 3.31. The molecule has 1 aromatic heterocycles. The predicted octanol–water partition coefficient (Wildman–Crippen LogP) is 2.73. The van der Waals surface area contributed by atoms with Crippen LogP contribution in [0.3, 0.4) is 0 Å². The van der Waals surface area contributed by atoms with Crippen LogP contribution in [0.15, 0.2) is 28.7 Å². The lowest BCUT2D eigenvalue weighted by atomic mass is 10.1. The van der Waals surface area contributed by atoms with E-state index in [9.17, 15) is 0 Å². The first kappa shape index (κ1) is 12.4. The van der Waals surface area contributed by atoms with Gasteiger partial charge in [0, 0.05) is 18.0 Å². The van der Waals surface area contributed by atoms with E-state index in [4.69, 9.17) is 4.42 Å². The van der Waals surface area contributed by atoms with E-state index in [1.165, 1.54) is 18.4 Å². The molecule has 1 fully saturated rings. The molecule has 1 N–H and O–H groups in total. The van der Waals surface area contributed by atoms with E-state index in [0.717, 1.165) is 36.9 Å². The quantitative estimate of drug-likeness (QED) is 0.808. The fraction of sp³-hybridized carbons (Fsp3) is 0.467. The molecule has 0 amide bonds. The van der Waals surface area contributed by atoms with E-state index >= 15 is 0 Å². The molecule has 0 radical (unpaired) electrons. The van der Waals surface area contributed by atoms with Gasteiger partial charge in [0.1, 0.15) is 0 Å². The molecule has 1 saturated carbocycles. The van der Waals surface area contributed by atoms with Gasteiger partial charge in [0.15, 0.2) is 0 Å². The first-order valence-corrected chi connectivity index (χ1v) is 6.94. The van der Waals surface area contributed by atoms with Crippen LogP contribution in [-0.2, 0) is 6.42 Å². The molecule has 1 aliphatic rings. The summed E-state index contributed by atoms with van der Waals surface area (Å²) in [7, 11) is 0. The zero-order valence-corrected chi connectivity index (χ0v) is 11.2. The van der Waals surface area contributed by atoms with E-state index in [-0.39, 0.29) is 0 Å². The Labute approximate surface area is 113 Å². The molecule has 0 saturated heterocycles. The van der Waals surface area contributed by atoms with Crippen molar-refractivity contribution < 1.29 is 4.42 Å². The second-order valence-corrected chi connectivity index (χ2v) is 5.20. The van der Waals surface area contributed by atoms with Crippen molar-refractivity contribution in [1.82, 2.24) is 15.5 Å². The minimum Gasteiger partial charge on any atom is -0.421 e. The van der Waals surface area contributed by atoms with Gasteiger partial charge < -0.3 is 9.73 Å². The molecule has 100 valence electrons. The van der Waals surface area contributed by atoms with Crippen LogP contribution in [0.5, 0.6) is 0 Å². The summed E-state index contributed by atoms with van der Waals surface area (Å²) >= 11 is 0. The van der Waals surface area contributed by atoms with Crippen LogP contribution in [0, 0.1) is 6.92 Å². The Hall–Kier alpha value is -1.68. The maximum absolute atomic E-state index is 5.70. The lowest BCUT2D eigenvalue weighted by molar-refractivity contribution is 0.491. The minimum absolute atomic E-state index is 0.619. The van der Waals surface area contributed by atoms with E-state index in [1.807, 2.05) is 12.1 Å². The number of nitrogens with one attached hydrogen (secondary N) is 1. The monoisotopic (exact) mass is 257 g/mol. The van der Waals surface area contributed by atoms with Gasteiger partial charge in [-0.3, -0.25) is 0 Å². The summed E-state index contributed by atoms with van der Waals surface area (Å²) in [5.41, 5.74) is 2.20. The van der Waals surface area contributed by atoms with Gasteiger partial charge in [0.05, 0.1) is 0 Å². The molecule has 19 heavy (non-hydrogen) atoms. The first-order chi connectivity index (χ1) is 9.31. The Morgan fingerprint density at radius 3 is 3.00 bits per heavy atom. The third-order valence-corrected chi connectivity index (χ3v) is 3.31. The van der Waals surface area contributed by atoms with Crippen molar-refractivity contribution in [3.05, 3.63) is 35.7 Å². The Kier molecular flexibility index (Phi) is 3.60. The van der Waals surface area contributed by atoms with Crippen molar-refractivity contribution in [3.63, 3.8) is 0 Å². The van der Waals surface area contributed by atoms with Gasteiger partial charge in [0.25, 0.3) is 0 Å². The minimum atomic E-state index is 0.619. The van der Waals surface area contributed by atoms with Crippen LogP contribution in [0.1, 0.15) is 30.7 Å². The van der Waals surface area contributed by atoms with Gasteiger partial charge in [0.2, 0.25) is 11.8 Å². The highest BCUT2D eigenvalue weighted by molar-refractivity contribution is 5.53. The zero-order chi connectivity index (χ0) is 13.1. The van der Waals surface area contributed by atoms with Crippen LogP contribution in [0.4, 0.5) is 0 Å². The fourth-order valence-electron chi connectivity index (χ4n) is 2.08. The molecule has 2 aromatic rings. The molecule has 0 bridgehead atoms. The topological polar surface area (TPSA) is 51.0 Å². The van der Waals surface area contributed by atoms with Gasteiger partial charge >= 0.3 is 0 Å². The maximum Gasteiger partial charge on any atom is 0.247 e. The summed E-state index contributed by atoms with van der Waals surface area (Å²) in [6.45, 7) is 3.09. The summed E-state index contributed by atoms with van der Waals surface area (Å²) in [5, 5.41) is 11.7. The van der Waals surface area contributed by atoms with Crippen LogP contribution in [0.25, 0.3) is 11.5 Å². The normalized spacial score (nSPS) is 14.8. The van der Waals surface area contributed by atoms with Crippen molar-refractivity contribution in [2.75, 3.05) is 6.54 Å². The first-order valence-electron chi connectivity index (χ1n) is 6.94. The van der Waals surface area contributed by atoms with E-state index in [0.29, 0.717) is 5.89 Å². The summed E-state index contributed by atoms with van der Waals surface area (Å²) in [5.74, 6) is 1.35. The van der Waals surface area contributed by atoms with Crippen molar-refractivity contribution in [3.8, 4) is 11.5 Å². The molecule has 0 unspecified atom stereocenters. The molecule has 4 nitrogen and oxygen atoms in total. The number of rotatable bonds is 6. The van der Waals surface area contributed by atoms with E-state index in [2.05, 4.69) is 34.6 Å². The van der Waals surface area contributed by atoms with Gasteiger partial charge in [-0.25, -0.2) is 0 Å². The smallest absolute Gasteiger partial charge is 0.247 e. The fourth-order valence-corrected chi connectivity index (χ4v) is 2.08. The van der Waals surface area contributed by atoms with Crippen molar-refractivity contribution >= 4 is 0 Å². The van der Waals surface area contributed by atoms with E-state index < -0.39 is 0 Å². The Morgan fingerprint density at radius 1 is 1.32 bits per heavy atom. The highest BCUT2D eigenvalue weighted by Crippen LogP contribution is 2.20. The number of hydrogen-bond donors (Lipinski definition) is 1. The molecule has 1 heterocycles. The second-order valence-electron chi connectivity index (χ2n) is 5.20. The van der Waals surface area contributed by atoms with Gasteiger partial charge in [-0.2, -0.15) is 0 Å². The summed E-state index contributed by atoms with van der Waals surface area (Å²) in [4.78, 5) is 0. The Morgan fingerprint density at radius 2 is 2.21 bits per heavy atom. The number of aryl methyl sites for hydroxylation is 2. The lowest BCUT2D eigenvalue weighted by Crippen LogP contribution is -2.17. The third kappa shape index (κ3) is 3.41. The number of hydrogen-bond acceptors (Lipinski definition) is 4. The van der Waals surface area contributed by atoms with Crippen molar-refractivity contribution in [2.45, 2.75) is 38.6 Å². The maximum atomic E-state index is 5.70. The van der Waals surface area contributed by atoms with Crippen LogP contribution >= 0.6 is 0 Å². The van der Waals surface area contributed by atoms with Gasteiger partial charge in [-0.05, 0) is 44.9 Å². The molecular formula is C15H19N3O. The molecule has 0 spiro atoms. The predicted molar refractivity (Wildman–Crippen MR) is 73.8 cm³/mol. The SMILES string of the molecule is Cc1cccc(-c2nnc(CCCNC3CC3)o2)c1. The number of nitrogens with zero attached hydrogens (tertiary/aromatic N) is 2. The molecule has 0 aliphatic heterocycles. The van der Waals surface area contributed by atoms with Crippen molar-refractivity contribution in [2.24, 2.45) is 0 Å². The lowest BCUT2D eigenvalue weighted by Gasteiger charge is -1.99. The molecule has 1 aromatic carbocycles. The Balaban J connectivity index is 1.56. The molecule has 0 atom stereocenters. The largest absolute Gasteiger partial charge is 0.421 e. The Bertz CT molecular complexity index is 546. The molecule has 1 aliphatic carbocycles. The number of aromatic nitrogens is 2.